The highest BCUT2D eigenvalue weighted by Crippen LogP contribution is 2.59. The summed E-state index contributed by atoms with van der Waals surface area (Å²) in [6, 6.07) is 48.7. The Hall–Kier alpha value is -5.19. The summed E-state index contributed by atoms with van der Waals surface area (Å²) in [5.41, 5.74) is 10.8. The number of fused-ring (bicyclic) bond motifs is 3. The van der Waals surface area contributed by atoms with Gasteiger partial charge in [0.1, 0.15) is 0 Å². The van der Waals surface area contributed by atoms with Gasteiger partial charge in [0, 0.05) is 37.4 Å². The van der Waals surface area contributed by atoms with Gasteiger partial charge in [-0.2, -0.15) is 0 Å². The molecule has 0 atom stereocenters. The van der Waals surface area contributed by atoms with E-state index >= 15 is 0 Å². The maximum absolute atomic E-state index is 4.93. The molecule has 1 aliphatic carbocycles. The molecule has 2 aromatic heterocycles. The minimum atomic E-state index is -0.104. The van der Waals surface area contributed by atoms with E-state index in [0.717, 1.165) is 16.7 Å². The Morgan fingerprint density at radius 1 is 0.432 bits per heavy atom. The van der Waals surface area contributed by atoms with Gasteiger partial charge < -0.3 is 0 Å². The SMILES string of the molecule is CC1(C)c2ccccc2-c2c(-c3ccccc3)sc(-c3ccc(-c4nc(-c5ccccc5)nc(-c5ccccc5)n4)cc3)c21. The Kier molecular flexibility index (Phi) is 6.32. The summed E-state index contributed by atoms with van der Waals surface area (Å²) in [6.07, 6.45) is 0. The first-order valence-electron chi connectivity index (χ1n) is 14.9. The summed E-state index contributed by atoms with van der Waals surface area (Å²) in [5.74, 6) is 2.00. The van der Waals surface area contributed by atoms with E-state index in [1.165, 1.54) is 43.1 Å². The molecule has 210 valence electrons. The molecule has 44 heavy (non-hydrogen) atoms. The van der Waals surface area contributed by atoms with Crippen LogP contribution in [0.1, 0.15) is 25.0 Å². The summed E-state index contributed by atoms with van der Waals surface area (Å²) < 4.78 is 0. The van der Waals surface area contributed by atoms with Crippen LogP contribution in [0.5, 0.6) is 0 Å². The molecule has 0 unspecified atom stereocenters. The smallest absolute Gasteiger partial charge is 0.164 e. The van der Waals surface area contributed by atoms with E-state index in [1.807, 2.05) is 72.0 Å². The molecule has 0 radical (unpaired) electrons. The van der Waals surface area contributed by atoms with E-state index in [9.17, 15) is 0 Å². The van der Waals surface area contributed by atoms with Crippen molar-refractivity contribution in [3.63, 3.8) is 0 Å². The lowest BCUT2D eigenvalue weighted by molar-refractivity contribution is 0.664. The van der Waals surface area contributed by atoms with Crippen LogP contribution < -0.4 is 0 Å². The van der Waals surface area contributed by atoms with Crippen molar-refractivity contribution in [1.29, 1.82) is 0 Å². The lowest BCUT2D eigenvalue weighted by atomic mass is 9.81. The molecular weight excluding hydrogens is 555 g/mol. The van der Waals surface area contributed by atoms with E-state index in [4.69, 9.17) is 15.0 Å². The standard InChI is InChI=1S/C40H29N3S/c1-40(2)32-21-13-12-20-31(32)33-34(40)36(44-35(33)26-14-6-3-7-15-26)27-22-24-30(25-23-27)39-42-37(28-16-8-4-9-17-28)41-38(43-39)29-18-10-5-11-19-29/h3-25H,1-2H3. The topological polar surface area (TPSA) is 38.7 Å². The molecule has 5 aromatic carbocycles. The molecule has 4 heteroatoms. The first-order chi connectivity index (χ1) is 21.6. The fourth-order valence-corrected chi connectivity index (χ4v) is 7.86. The van der Waals surface area contributed by atoms with Crippen molar-refractivity contribution in [3.8, 4) is 66.2 Å². The molecule has 0 fully saturated rings. The third-order valence-corrected chi connectivity index (χ3v) is 9.83. The number of hydrogen-bond donors (Lipinski definition) is 0. The highest BCUT2D eigenvalue weighted by molar-refractivity contribution is 7.19. The van der Waals surface area contributed by atoms with Crippen LogP contribution in [0.4, 0.5) is 0 Å². The number of rotatable bonds is 5. The summed E-state index contributed by atoms with van der Waals surface area (Å²) >= 11 is 1.89. The molecule has 0 amide bonds. The van der Waals surface area contributed by atoms with Crippen molar-refractivity contribution in [1.82, 2.24) is 15.0 Å². The van der Waals surface area contributed by atoms with Crippen LogP contribution in [0.2, 0.25) is 0 Å². The van der Waals surface area contributed by atoms with Crippen molar-refractivity contribution in [2.24, 2.45) is 0 Å². The second kappa shape index (κ2) is 10.5. The molecule has 0 bridgehead atoms. The lowest BCUT2D eigenvalue weighted by Gasteiger charge is -2.22. The predicted molar refractivity (Wildman–Crippen MR) is 182 cm³/mol. The first kappa shape index (κ1) is 26.4. The Labute approximate surface area is 261 Å². The second-order valence-corrected chi connectivity index (χ2v) is 12.7. The monoisotopic (exact) mass is 583 g/mol. The van der Waals surface area contributed by atoms with Crippen LogP contribution in [0.3, 0.4) is 0 Å². The number of hydrogen-bond acceptors (Lipinski definition) is 4. The van der Waals surface area contributed by atoms with Gasteiger partial charge in [-0.05, 0) is 27.8 Å². The maximum Gasteiger partial charge on any atom is 0.164 e. The molecule has 0 spiro atoms. The van der Waals surface area contributed by atoms with Crippen molar-refractivity contribution in [2.45, 2.75) is 19.3 Å². The van der Waals surface area contributed by atoms with Crippen LogP contribution >= 0.6 is 11.3 Å². The average Bonchev–Trinajstić information content (AvgIpc) is 3.61. The fourth-order valence-electron chi connectivity index (χ4n) is 6.37. The van der Waals surface area contributed by atoms with Crippen molar-refractivity contribution < 1.29 is 0 Å². The van der Waals surface area contributed by atoms with Crippen molar-refractivity contribution >= 4 is 11.3 Å². The lowest BCUT2D eigenvalue weighted by Crippen LogP contribution is -2.15. The third kappa shape index (κ3) is 4.38. The van der Waals surface area contributed by atoms with E-state index in [-0.39, 0.29) is 5.41 Å². The molecule has 2 heterocycles. The minimum Gasteiger partial charge on any atom is -0.208 e. The first-order valence-corrected chi connectivity index (χ1v) is 15.7. The zero-order chi connectivity index (χ0) is 29.7. The van der Waals surface area contributed by atoms with Gasteiger partial charge in [0.2, 0.25) is 0 Å². The Bertz CT molecular complexity index is 2060. The summed E-state index contributed by atoms with van der Waals surface area (Å²) in [6.45, 7) is 4.72. The second-order valence-electron chi connectivity index (χ2n) is 11.7. The fraction of sp³-hybridized carbons (Fsp3) is 0.0750. The molecule has 0 N–H and O–H groups in total. The van der Waals surface area contributed by atoms with Crippen molar-refractivity contribution in [2.75, 3.05) is 0 Å². The highest BCUT2D eigenvalue weighted by Gasteiger charge is 2.41. The van der Waals surface area contributed by atoms with Crippen LogP contribution in [0.15, 0.2) is 140 Å². The zero-order valence-electron chi connectivity index (χ0n) is 24.5. The molecule has 0 saturated carbocycles. The normalized spacial score (nSPS) is 13.0. The van der Waals surface area contributed by atoms with E-state index < -0.39 is 0 Å². The molecule has 1 aliphatic rings. The van der Waals surface area contributed by atoms with Crippen molar-refractivity contribution in [3.05, 3.63) is 151 Å². The van der Waals surface area contributed by atoms with Gasteiger partial charge in [-0.1, -0.05) is 153 Å². The predicted octanol–water partition coefficient (Wildman–Crippen LogP) is 10.6. The number of nitrogens with zero attached hydrogens (tertiary/aromatic N) is 3. The molecular formula is C40H29N3S. The van der Waals surface area contributed by atoms with Gasteiger partial charge in [0.25, 0.3) is 0 Å². The number of thiophene rings is 1. The maximum atomic E-state index is 4.93. The zero-order valence-corrected chi connectivity index (χ0v) is 25.3. The van der Waals surface area contributed by atoms with E-state index in [0.29, 0.717) is 17.5 Å². The summed E-state index contributed by atoms with van der Waals surface area (Å²) in [5, 5.41) is 0. The third-order valence-electron chi connectivity index (χ3n) is 8.54. The number of benzene rings is 5. The Balaban J connectivity index is 1.26. The largest absolute Gasteiger partial charge is 0.208 e. The number of aromatic nitrogens is 3. The van der Waals surface area contributed by atoms with E-state index in [1.54, 1.807) is 0 Å². The molecule has 0 aliphatic heterocycles. The molecule has 7 aromatic rings. The quantitative estimate of drug-likeness (QED) is 0.202. The highest BCUT2D eigenvalue weighted by atomic mass is 32.1. The van der Waals surface area contributed by atoms with Crippen LogP contribution in [-0.2, 0) is 5.41 Å². The summed E-state index contributed by atoms with van der Waals surface area (Å²) in [7, 11) is 0. The molecule has 3 nitrogen and oxygen atoms in total. The minimum absolute atomic E-state index is 0.104. The van der Waals surface area contributed by atoms with Gasteiger partial charge in [0.15, 0.2) is 17.5 Å². The van der Waals surface area contributed by atoms with Gasteiger partial charge in [-0.15, -0.1) is 11.3 Å². The van der Waals surface area contributed by atoms with Crippen LogP contribution in [0.25, 0.3) is 66.2 Å². The molecule has 0 saturated heterocycles. The van der Waals surface area contributed by atoms with Gasteiger partial charge in [-0.25, -0.2) is 15.0 Å². The summed E-state index contributed by atoms with van der Waals surface area (Å²) in [4.78, 5) is 17.4. The van der Waals surface area contributed by atoms with Crippen LogP contribution in [0, 0.1) is 0 Å². The average molecular weight is 584 g/mol. The van der Waals surface area contributed by atoms with Gasteiger partial charge in [-0.3, -0.25) is 0 Å². The Morgan fingerprint density at radius 3 is 1.39 bits per heavy atom. The van der Waals surface area contributed by atoms with Crippen LogP contribution in [-0.4, -0.2) is 15.0 Å². The Morgan fingerprint density at radius 2 is 0.841 bits per heavy atom. The van der Waals surface area contributed by atoms with E-state index in [2.05, 4.69) is 92.7 Å². The molecule has 8 rings (SSSR count). The van der Waals surface area contributed by atoms with Gasteiger partial charge >= 0.3 is 0 Å². The van der Waals surface area contributed by atoms with Gasteiger partial charge in [0.05, 0.1) is 0 Å².